The Bertz CT molecular complexity index is 1970. The number of hydrogen-bond donors (Lipinski definition) is 1. The molecule has 1 amide bonds. The second kappa shape index (κ2) is 11.5. The summed E-state index contributed by atoms with van der Waals surface area (Å²) in [5.41, 5.74) is 2.28. The number of rotatable bonds is 7. The third-order valence-corrected chi connectivity index (χ3v) is 6.76. The summed E-state index contributed by atoms with van der Waals surface area (Å²) in [7, 11) is 0. The lowest BCUT2D eigenvalue weighted by atomic mass is 10.0. The fourth-order valence-corrected chi connectivity index (χ4v) is 4.65. The number of nitrogens with zero attached hydrogens (tertiary/aromatic N) is 3. The van der Waals surface area contributed by atoms with Crippen LogP contribution in [0.5, 0.6) is 5.75 Å². The van der Waals surface area contributed by atoms with Crippen molar-refractivity contribution in [2.45, 2.75) is 0 Å². The van der Waals surface area contributed by atoms with Crippen molar-refractivity contribution >= 4 is 51.1 Å². The van der Waals surface area contributed by atoms with Gasteiger partial charge in [0.2, 0.25) is 0 Å². The Hall–Kier alpha value is -5.27. The maximum Gasteiger partial charge on any atom is 0.282 e. The van der Waals surface area contributed by atoms with Gasteiger partial charge in [-0.3, -0.25) is 9.59 Å². The molecule has 5 aromatic carbocycles. The third-order valence-electron chi connectivity index (χ3n) is 6.51. The minimum atomic E-state index is -0.329. The van der Waals surface area contributed by atoms with E-state index in [1.807, 2.05) is 72.8 Å². The quantitative estimate of drug-likeness (QED) is 0.219. The predicted octanol–water partition coefficient (Wildman–Crippen LogP) is 6.77. The van der Waals surface area contributed by atoms with Crippen molar-refractivity contribution in [1.82, 2.24) is 9.66 Å². The molecule has 200 valence electrons. The zero-order chi connectivity index (χ0) is 28.2. The van der Waals surface area contributed by atoms with E-state index in [9.17, 15) is 9.59 Å². The molecule has 0 spiro atoms. The smallest absolute Gasteiger partial charge is 0.282 e. The van der Waals surface area contributed by atoms with Crippen LogP contribution in [0.15, 0.2) is 125 Å². The highest BCUT2D eigenvalue weighted by molar-refractivity contribution is 6.30. The number of amides is 1. The number of nitrogens with one attached hydrogen (secondary N) is 1. The summed E-state index contributed by atoms with van der Waals surface area (Å²) in [6, 6.07) is 34.9. The molecule has 6 rings (SSSR count). The summed E-state index contributed by atoms with van der Waals surface area (Å²) < 4.78 is 7.28. The number of para-hydroxylation sites is 1. The van der Waals surface area contributed by atoms with E-state index in [0.29, 0.717) is 38.8 Å². The highest BCUT2D eigenvalue weighted by Gasteiger charge is 2.14. The maximum atomic E-state index is 13.6. The van der Waals surface area contributed by atoms with E-state index < -0.39 is 0 Å². The van der Waals surface area contributed by atoms with Gasteiger partial charge in [-0.1, -0.05) is 84.4 Å². The summed E-state index contributed by atoms with van der Waals surface area (Å²) in [6.45, 7) is -0.228. The van der Waals surface area contributed by atoms with E-state index in [2.05, 4.69) is 10.4 Å². The molecule has 0 saturated heterocycles. The summed E-state index contributed by atoms with van der Waals surface area (Å²) in [6.07, 6.45) is 1.58. The van der Waals surface area contributed by atoms with E-state index in [0.717, 1.165) is 16.3 Å². The standard InChI is InChI=1S/C33H23ClN4O3/c34-24-15-17-25(18-16-24)36-31(39)21-41-30-19-14-22-8-4-5-11-26(22)28(30)20-35-38-32(23-9-2-1-3-10-23)37-29-13-7-6-12-27(29)33(38)40/h1-20H,21H2,(H,36,39). The zero-order valence-electron chi connectivity index (χ0n) is 21.7. The first kappa shape index (κ1) is 26.0. The van der Waals surface area contributed by atoms with E-state index in [4.69, 9.17) is 21.3 Å². The molecule has 7 nitrogen and oxygen atoms in total. The van der Waals surface area contributed by atoms with Crippen molar-refractivity contribution in [2.24, 2.45) is 5.10 Å². The van der Waals surface area contributed by atoms with E-state index in [1.165, 1.54) is 4.68 Å². The lowest BCUT2D eigenvalue weighted by molar-refractivity contribution is -0.118. The summed E-state index contributed by atoms with van der Waals surface area (Å²) >= 11 is 5.94. The van der Waals surface area contributed by atoms with Crippen molar-refractivity contribution in [2.75, 3.05) is 11.9 Å². The van der Waals surface area contributed by atoms with Crippen LogP contribution >= 0.6 is 11.6 Å². The molecule has 8 heteroatoms. The van der Waals surface area contributed by atoms with Crippen molar-refractivity contribution in [1.29, 1.82) is 0 Å². The SMILES string of the molecule is O=C(COc1ccc2ccccc2c1C=Nn1c(-c2ccccc2)nc2ccccc2c1=O)Nc1ccc(Cl)cc1. The molecule has 0 fully saturated rings. The minimum absolute atomic E-state index is 0.228. The molecule has 0 atom stereocenters. The van der Waals surface area contributed by atoms with Crippen molar-refractivity contribution in [3.05, 3.63) is 136 Å². The Labute approximate surface area is 240 Å². The molecule has 1 N–H and O–H groups in total. The molecular weight excluding hydrogens is 536 g/mol. The van der Waals surface area contributed by atoms with Gasteiger partial charge in [-0.2, -0.15) is 9.78 Å². The van der Waals surface area contributed by atoms with Crippen LogP contribution in [-0.2, 0) is 4.79 Å². The normalized spacial score (nSPS) is 11.2. The number of hydrogen-bond acceptors (Lipinski definition) is 5. The first-order valence-electron chi connectivity index (χ1n) is 12.9. The molecule has 0 radical (unpaired) electrons. The second-order valence-corrected chi connectivity index (χ2v) is 9.66. The lowest BCUT2D eigenvalue weighted by Gasteiger charge is -2.13. The van der Waals surface area contributed by atoms with Gasteiger partial charge >= 0.3 is 0 Å². The Morgan fingerprint density at radius 1 is 0.854 bits per heavy atom. The van der Waals surface area contributed by atoms with E-state index in [1.54, 1.807) is 48.7 Å². The lowest BCUT2D eigenvalue weighted by Crippen LogP contribution is -2.21. The predicted molar refractivity (Wildman–Crippen MR) is 164 cm³/mol. The molecule has 0 aliphatic carbocycles. The van der Waals surface area contributed by atoms with Crippen LogP contribution in [0.2, 0.25) is 5.02 Å². The van der Waals surface area contributed by atoms with Gasteiger partial charge in [0.05, 0.1) is 17.1 Å². The number of anilines is 1. The number of benzene rings is 5. The summed E-state index contributed by atoms with van der Waals surface area (Å²) in [5, 5.41) is 10.3. The van der Waals surface area contributed by atoms with Crippen molar-refractivity contribution in [3.63, 3.8) is 0 Å². The van der Waals surface area contributed by atoms with Crippen LogP contribution in [0.1, 0.15) is 5.56 Å². The molecular formula is C33H23ClN4O3. The molecule has 0 aliphatic heterocycles. The van der Waals surface area contributed by atoms with Crippen molar-refractivity contribution < 1.29 is 9.53 Å². The van der Waals surface area contributed by atoms with Crippen LogP contribution in [-0.4, -0.2) is 28.4 Å². The summed E-state index contributed by atoms with van der Waals surface area (Å²) in [4.78, 5) is 31.0. The average molecular weight is 559 g/mol. The third kappa shape index (κ3) is 5.57. The molecule has 0 saturated carbocycles. The monoisotopic (exact) mass is 558 g/mol. The Morgan fingerprint density at radius 3 is 2.37 bits per heavy atom. The van der Waals surface area contributed by atoms with Crippen LogP contribution < -0.4 is 15.6 Å². The van der Waals surface area contributed by atoms with E-state index in [-0.39, 0.29) is 18.1 Å². The number of halogens is 1. The van der Waals surface area contributed by atoms with Crippen LogP contribution in [0.4, 0.5) is 5.69 Å². The molecule has 0 aliphatic rings. The van der Waals surface area contributed by atoms with Crippen LogP contribution in [0.25, 0.3) is 33.1 Å². The highest BCUT2D eigenvalue weighted by Crippen LogP contribution is 2.27. The fraction of sp³-hybridized carbons (Fsp3) is 0.0303. The van der Waals surface area contributed by atoms with E-state index >= 15 is 0 Å². The number of carbonyl (C=O) groups is 1. The van der Waals surface area contributed by atoms with Crippen molar-refractivity contribution in [3.8, 4) is 17.1 Å². The fourth-order valence-electron chi connectivity index (χ4n) is 4.53. The summed E-state index contributed by atoms with van der Waals surface area (Å²) in [5.74, 6) is 0.530. The van der Waals surface area contributed by atoms with Gasteiger partial charge < -0.3 is 10.1 Å². The minimum Gasteiger partial charge on any atom is -0.483 e. The molecule has 0 unspecified atom stereocenters. The van der Waals surface area contributed by atoms with Gasteiger partial charge in [-0.05, 0) is 53.2 Å². The van der Waals surface area contributed by atoms with Gasteiger partial charge in [-0.25, -0.2) is 4.98 Å². The van der Waals surface area contributed by atoms with Gasteiger partial charge in [-0.15, -0.1) is 0 Å². The molecule has 0 bridgehead atoms. The van der Waals surface area contributed by atoms with Gasteiger partial charge in [0.15, 0.2) is 12.4 Å². The Morgan fingerprint density at radius 2 is 1.56 bits per heavy atom. The molecule has 1 aromatic heterocycles. The largest absolute Gasteiger partial charge is 0.483 e. The van der Waals surface area contributed by atoms with Gasteiger partial charge in [0.1, 0.15) is 5.75 Å². The topological polar surface area (TPSA) is 85.6 Å². The average Bonchev–Trinajstić information content (AvgIpc) is 3.01. The Kier molecular flexibility index (Phi) is 7.26. The first-order chi connectivity index (χ1) is 20.1. The first-order valence-corrected chi connectivity index (χ1v) is 13.3. The van der Waals surface area contributed by atoms with Crippen LogP contribution in [0, 0.1) is 0 Å². The number of ether oxygens (including phenoxy) is 1. The molecule has 6 aromatic rings. The number of fused-ring (bicyclic) bond motifs is 2. The van der Waals surface area contributed by atoms with Gasteiger partial charge in [0, 0.05) is 21.8 Å². The second-order valence-electron chi connectivity index (χ2n) is 9.22. The van der Waals surface area contributed by atoms with Gasteiger partial charge in [0.25, 0.3) is 11.5 Å². The number of carbonyl (C=O) groups excluding carboxylic acids is 1. The maximum absolute atomic E-state index is 13.6. The van der Waals surface area contributed by atoms with Crippen LogP contribution in [0.3, 0.4) is 0 Å². The molecule has 41 heavy (non-hydrogen) atoms. The molecule has 1 heterocycles. The highest BCUT2D eigenvalue weighted by atomic mass is 35.5. The Balaban J connectivity index is 1.39. The zero-order valence-corrected chi connectivity index (χ0v) is 22.5. The number of aromatic nitrogens is 2.